The molecule has 0 aliphatic heterocycles. The first-order chi connectivity index (χ1) is 14.6. The zero-order valence-corrected chi connectivity index (χ0v) is 17.5. The van der Waals surface area contributed by atoms with E-state index in [0.717, 1.165) is 50.8 Å². The minimum atomic E-state index is -0.0601. The van der Waals surface area contributed by atoms with Crippen LogP contribution >= 0.6 is 0 Å². The lowest BCUT2D eigenvalue weighted by molar-refractivity contribution is 0.102. The Morgan fingerprint density at radius 1 is 0.900 bits per heavy atom. The van der Waals surface area contributed by atoms with E-state index in [9.17, 15) is 4.79 Å². The average Bonchev–Trinajstić information content (AvgIpc) is 3.15. The van der Waals surface area contributed by atoms with Gasteiger partial charge in [-0.25, -0.2) is 0 Å². The van der Waals surface area contributed by atoms with E-state index in [4.69, 9.17) is 0 Å². The zero-order chi connectivity index (χ0) is 20.8. The fourth-order valence-electron chi connectivity index (χ4n) is 4.49. The molecule has 0 aliphatic rings. The number of hydrogen-bond acceptors (Lipinski definition) is 1. The number of anilines is 1. The van der Waals surface area contributed by atoms with E-state index < -0.39 is 0 Å². The predicted molar refractivity (Wildman–Crippen MR) is 127 cm³/mol. The molecule has 0 bridgehead atoms. The third-order valence-electron chi connectivity index (χ3n) is 6.25. The molecule has 3 nitrogen and oxygen atoms in total. The summed E-state index contributed by atoms with van der Waals surface area (Å²) in [6.45, 7) is 6.25. The van der Waals surface area contributed by atoms with Crippen molar-refractivity contribution in [3.63, 3.8) is 0 Å². The Bertz CT molecular complexity index is 1440. The predicted octanol–water partition coefficient (Wildman–Crippen LogP) is 6.91. The van der Waals surface area contributed by atoms with Crippen molar-refractivity contribution in [3.8, 4) is 0 Å². The van der Waals surface area contributed by atoms with Gasteiger partial charge in [-0.2, -0.15) is 0 Å². The molecule has 5 aromatic rings. The van der Waals surface area contributed by atoms with Crippen LogP contribution in [0.15, 0.2) is 66.7 Å². The zero-order valence-electron chi connectivity index (χ0n) is 17.5. The third-order valence-corrected chi connectivity index (χ3v) is 6.25. The molecule has 0 spiro atoms. The summed E-state index contributed by atoms with van der Waals surface area (Å²) in [5.41, 5.74) is 7.17. The summed E-state index contributed by atoms with van der Waals surface area (Å²) in [7, 11) is 0. The number of aryl methyl sites for hydroxylation is 2. The monoisotopic (exact) mass is 392 g/mol. The molecule has 1 aromatic heterocycles. The lowest BCUT2D eigenvalue weighted by atomic mass is 9.93. The number of aromatic amines is 1. The van der Waals surface area contributed by atoms with Crippen molar-refractivity contribution >= 4 is 44.2 Å². The number of fused-ring (bicyclic) bond motifs is 5. The van der Waals surface area contributed by atoms with E-state index in [1.54, 1.807) is 0 Å². The van der Waals surface area contributed by atoms with Gasteiger partial charge in [0.25, 0.3) is 5.91 Å². The molecule has 1 amide bonds. The van der Waals surface area contributed by atoms with Gasteiger partial charge in [-0.1, -0.05) is 55.5 Å². The summed E-state index contributed by atoms with van der Waals surface area (Å²) in [5.74, 6) is -0.0601. The Balaban J connectivity index is 1.67. The summed E-state index contributed by atoms with van der Waals surface area (Å²) >= 11 is 0. The molecule has 4 aromatic carbocycles. The van der Waals surface area contributed by atoms with E-state index in [0.29, 0.717) is 0 Å². The van der Waals surface area contributed by atoms with Crippen molar-refractivity contribution in [2.24, 2.45) is 0 Å². The molecule has 0 radical (unpaired) electrons. The minimum absolute atomic E-state index is 0.0601. The van der Waals surface area contributed by atoms with Crippen molar-refractivity contribution in [1.29, 1.82) is 0 Å². The van der Waals surface area contributed by atoms with Gasteiger partial charge in [0.2, 0.25) is 0 Å². The number of carbonyl (C=O) groups excluding carboxylic acids is 1. The van der Waals surface area contributed by atoms with Gasteiger partial charge in [-0.15, -0.1) is 0 Å². The van der Waals surface area contributed by atoms with E-state index in [1.807, 2.05) is 31.2 Å². The molecule has 0 atom stereocenters. The number of H-pyrrole nitrogens is 1. The second-order valence-electron chi connectivity index (χ2n) is 7.90. The highest BCUT2D eigenvalue weighted by molar-refractivity contribution is 6.19. The summed E-state index contributed by atoms with van der Waals surface area (Å²) < 4.78 is 0. The molecule has 0 saturated heterocycles. The van der Waals surface area contributed by atoms with Gasteiger partial charge in [-0.3, -0.25) is 4.79 Å². The number of benzene rings is 4. The Kier molecular flexibility index (Phi) is 4.32. The van der Waals surface area contributed by atoms with E-state index >= 15 is 0 Å². The largest absolute Gasteiger partial charge is 0.354 e. The Morgan fingerprint density at radius 2 is 1.67 bits per heavy atom. The quantitative estimate of drug-likeness (QED) is 0.344. The molecule has 0 fully saturated rings. The standard InChI is InChI=1S/C27H24N2O/c1-4-18-9-5-7-11-23(18)29-27(30)22-15-19-13-14-21-20-10-6-8-12-24(20)28-26(21)25(19)17(3)16(22)2/h5-15,28H,4H2,1-3H3,(H,29,30). The van der Waals surface area contributed by atoms with Gasteiger partial charge in [0, 0.05) is 32.9 Å². The van der Waals surface area contributed by atoms with Crippen LogP contribution in [0.4, 0.5) is 5.69 Å². The number of aromatic nitrogens is 1. The van der Waals surface area contributed by atoms with E-state index in [2.05, 4.69) is 66.6 Å². The summed E-state index contributed by atoms with van der Waals surface area (Å²) in [6, 6.07) is 22.7. The first-order valence-electron chi connectivity index (χ1n) is 10.4. The smallest absolute Gasteiger partial charge is 0.255 e. The van der Waals surface area contributed by atoms with Crippen LogP contribution in [-0.2, 0) is 6.42 Å². The fraction of sp³-hybridized carbons (Fsp3) is 0.148. The molecule has 5 rings (SSSR count). The van der Waals surface area contributed by atoms with Crippen LogP contribution in [0.3, 0.4) is 0 Å². The molecule has 30 heavy (non-hydrogen) atoms. The van der Waals surface area contributed by atoms with Gasteiger partial charge in [0.15, 0.2) is 0 Å². The van der Waals surface area contributed by atoms with Crippen LogP contribution in [0, 0.1) is 13.8 Å². The molecule has 0 aliphatic carbocycles. The first kappa shape index (κ1) is 18.4. The number of para-hydroxylation sites is 2. The van der Waals surface area contributed by atoms with Gasteiger partial charge in [0.1, 0.15) is 0 Å². The Morgan fingerprint density at radius 3 is 2.50 bits per heavy atom. The highest BCUT2D eigenvalue weighted by atomic mass is 16.1. The lowest BCUT2D eigenvalue weighted by Gasteiger charge is -2.15. The van der Waals surface area contributed by atoms with Crippen molar-refractivity contribution in [1.82, 2.24) is 4.98 Å². The van der Waals surface area contributed by atoms with Crippen LogP contribution in [0.2, 0.25) is 0 Å². The maximum Gasteiger partial charge on any atom is 0.255 e. The lowest BCUT2D eigenvalue weighted by Crippen LogP contribution is -2.15. The number of amides is 1. The van der Waals surface area contributed by atoms with Crippen LogP contribution in [0.5, 0.6) is 0 Å². The van der Waals surface area contributed by atoms with Gasteiger partial charge in [-0.05, 0) is 60.5 Å². The normalized spacial score (nSPS) is 11.4. The van der Waals surface area contributed by atoms with Crippen molar-refractivity contribution in [2.45, 2.75) is 27.2 Å². The Hall–Kier alpha value is -3.59. The number of nitrogens with one attached hydrogen (secondary N) is 2. The van der Waals surface area contributed by atoms with Crippen LogP contribution < -0.4 is 5.32 Å². The van der Waals surface area contributed by atoms with E-state index in [-0.39, 0.29) is 5.91 Å². The highest BCUT2D eigenvalue weighted by Gasteiger charge is 2.17. The minimum Gasteiger partial charge on any atom is -0.354 e. The van der Waals surface area contributed by atoms with Gasteiger partial charge < -0.3 is 10.3 Å². The molecule has 2 N–H and O–H groups in total. The Labute approximate surface area is 175 Å². The fourth-order valence-corrected chi connectivity index (χ4v) is 4.49. The molecule has 3 heteroatoms. The van der Waals surface area contributed by atoms with Crippen LogP contribution in [-0.4, -0.2) is 10.9 Å². The van der Waals surface area contributed by atoms with Crippen molar-refractivity contribution in [3.05, 3.63) is 89.0 Å². The topological polar surface area (TPSA) is 44.9 Å². The summed E-state index contributed by atoms with van der Waals surface area (Å²) in [4.78, 5) is 16.8. The van der Waals surface area contributed by atoms with Gasteiger partial charge in [0.05, 0.1) is 5.52 Å². The summed E-state index contributed by atoms with van der Waals surface area (Å²) in [6.07, 6.45) is 0.880. The number of rotatable bonds is 3. The van der Waals surface area contributed by atoms with Gasteiger partial charge >= 0.3 is 0 Å². The molecule has 1 heterocycles. The molecule has 148 valence electrons. The second kappa shape index (κ2) is 7.03. The molecular formula is C27H24N2O. The maximum atomic E-state index is 13.2. The van der Waals surface area contributed by atoms with E-state index in [1.165, 1.54) is 16.2 Å². The summed E-state index contributed by atoms with van der Waals surface area (Å²) in [5, 5.41) is 7.83. The number of hydrogen-bond donors (Lipinski definition) is 2. The molecule has 0 unspecified atom stereocenters. The van der Waals surface area contributed by atoms with Crippen molar-refractivity contribution < 1.29 is 4.79 Å². The average molecular weight is 393 g/mol. The second-order valence-corrected chi connectivity index (χ2v) is 7.90. The molecular weight excluding hydrogens is 368 g/mol. The first-order valence-corrected chi connectivity index (χ1v) is 10.4. The highest BCUT2D eigenvalue weighted by Crippen LogP contribution is 2.35. The van der Waals surface area contributed by atoms with Crippen LogP contribution in [0.25, 0.3) is 32.6 Å². The molecule has 0 saturated carbocycles. The van der Waals surface area contributed by atoms with Crippen molar-refractivity contribution in [2.75, 3.05) is 5.32 Å². The SMILES string of the molecule is CCc1ccccc1NC(=O)c1cc2ccc3c4ccccc4[nH]c3c2c(C)c1C. The van der Waals surface area contributed by atoms with Crippen LogP contribution in [0.1, 0.15) is 34.0 Å². The maximum absolute atomic E-state index is 13.2. The third kappa shape index (κ3) is 2.78. The number of carbonyl (C=O) groups is 1.